The van der Waals surface area contributed by atoms with E-state index in [0.717, 1.165) is 5.69 Å². The van der Waals surface area contributed by atoms with Crippen LogP contribution in [0.4, 0.5) is 11.4 Å². The molecule has 3 heterocycles. The van der Waals surface area contributed by atoms with Crippen LogP contribution in [0.3, 0.4) is 0 Å². The number of hydrogen-bond donors (Lipinski definition) is 4. The highest BCUT2D eigenvalue weighted by Crippen LogP contribution is 2.38. The summed E-state index contributed by atoms with van der Waals surface area (Å²) in [7, 11) is 0. The number of rotatable bonds is 8. The van der Waals surface area contributed by atoms with E-state index in [1.807, 2.05) is 38.1 Å². The van der Waals surface area contributed by atoms with Crippen LogP contribution in [-0.4, -0.2) is 96.9 Å². The van der Waals surface area contributed by atoms with E-state index in [9.17, 15) is 34.2 Å². The standard InChI is InChI=1S/C37H39N7O7/c1-21(2)26-17-27(32(47)18-31(26)46)35-39-40-37(51)44(35)23-8-6-22(7-9-23)42-14-12-41(13-15-42)20-34(49)38-29-5-3-4-25-28(29)19-43(36(25)50)30-11-10-24(45)16-33(30)48/h3-9,17-18,21,30,46-47H,10-16,19-20H2,1-2H3,(H,38,49)(H,40,51). The first-order chi connectivity index (χ1) is 24.5. The largest absolute Gasteiger partial charge is 0.508 e. The van der Waals surface area contributed by atoms with Crippen LogP contribution in [0.1, 0.15) is 60.5 Å². The average Bonchev–Trinajstić information content (AvgIpc) is 3.65. The van der Waals surface area contributed by atoms with E-state index in [0.29, 0.717) is 66.2 Å². The molecule has 1 saturated carbocycles. The second-order valence-corrected chi connectivity index (χ2v) is 13.6. The van der Waals surface area contributed by atoms with E-state index >= 15 is 0 Å². The number of aromatic nitrogens is 3. The van der Waals surface area contributed by atoms with Gasteiger partial charge in [-0.15, -0.1) is 0 Å². The molecule has 0 radical (unpaired) electrons. The number of anilines is 2. The summed E-state index contributed by atoms with van der Waals surface area (Å²) in [5, 5.41) is 30.5. The molecule has 1 unspecified atom stereocenters. The summed E-state index contributed by atoms with van der Waals surface area (Å²) in [6.07, 6.45) is 0.458. The third-order valence-corrected chi connectivity index (χ3v) is 9.98. The predicted molar refractivity (Wildman–Crippen MR) is 188 cm³/mol. The quantitative estimate of drug-likeness (QED) is 0.200. The van der Waals surface area contributed by atoms with Crippen LogP contribution < -0.4 is 15.9 Å². The zero-order valence-electron chi connectivity index (χ0n) is 28.4. The Hall–Kier alpha value is -5.76. The molecule has 264 valence electrons. The molecule has 4 aromatic rings. The van der Waals surface area contributed by atoms with Gasteiger partial charge in [-0.3, -0.25) is 24.1 Å². The molecule has 2 fully saturated rings. The first-order valence-corrected chi connectivity index (χ1v) is 17.1. The summed E-state index contributed by atoms with van der Waals surface area (Å²) in [5.41, 5.74) is 3.67. The first kappa shape index (κ1) is 33.7. The smallest absolute Gasteiger partial charge is 0.348 e. The van der Waals surface area contributed by atoms with E-state index < -0.39 is 11.7 Å². The highest BCUT2D eigenvalue weighted by Gasteiger charge is 2.40. The summed E-state index contributed by atoms with van der Waals surface area (Å²) >= 11 is 0. The SMILES string of the molecule is CC(C)c1cc(-c2n[nH]c(=O)n2-c2ccc(N3CCN(CC(=O)Nc4cccc5c4CN(C4CCC(=O)CC4=O)C5=O)CC3)cc2)c(O)cc1O. The molecule has 1 aliphatic carbocycles. The van der Waals surface area contributed by atoms with Crippen molar-refractivity contribution in [1.82, 2.24) is 24.6 Å². The Morgan fingerprint density at radius 2 is 1.67 bits per heavy atom. The number of phenols is 2. The van der Waals surface area contributed by atoms with Gasteiger partial charge in [-0.25, -0.2) is 14.5 Å². The fourth-order valence-electron chi connectivity index (χ4n) is 7.23. The third-order valence-electron chi connectivity index (χ3n) is 9.98. The van der Waals surface area contributed by atoms with Crippen molar-refractivity contribution in [3.05, 3.63) is 81.8 Å². The number of aromatic hydroxyl groups is 2. The molecule has 1 aromatic heterocycles. The maximum absolute atomic E-state index is 13.2. The molecule has 1 saturated heterocycles. The monoisotopic (exact) mass is 693 g/mol. The Morgan fingerprint density at radius 1 is 0.941 bits per heavy atom. The molecule has 14 heteroatoms. The van der Waals surface area contributed by atoms with Gasteiger partial charge in [-0.2, -0.15) is 5.10 Å². The van der Waals surface area contributed by atoms with E-state index in [4.69, 9.17) is 0 Å². The van der Waals surface area contributed by atoms with Crippen molar-refractivity contribution in [2.24, 2.45) is 0 Å². The lowest BCUT2D eigenvalue weighted by Crippen LogP contribution is -2.48. The van der Waals surface area contributed by atoms with Gasteiger partial charge in [0.2, 0.25) is 5.91 Å². The number of benzene rings is 3. The molecular weight excluding hydrogens is 654 g/mol. The molecule has 51 heavy (non-hydrogen) atoms. The topological polar surface area (TPSA) is 181 Å². The Kier molecular flexibility index (Phi) is 8.93. The number of ketones is 2. The van der Waals surface area contributed by atoms with Crippen LogP contribution in [0, 0.1) is 0 Å². The van der Waals surface area contributed by atoms with Crippen molar-refractivity contribution < 1.29 is 29.4 Å². The molecule has 0 bridgehead atoms. The van der Waals surface area contributed by atoms with E-state index in [2.05, 4.69) is 25.3 Å². The van der Waals surface area contributed by atoms with Gasteiger partial charge < -0.3 is 25.3 Å². The average molecular weight is 694 g/mol. The normalized spacial score (nSPS) is 18.1. The van der Waals surface area contributed by atoms with Crippen LogP contribution in [0.5, 0.6) is 11.5 Å². The van der Waals surface area contributed by atoms with Gasteiger partial charge in [-0.05, 0) is 60.4 Å². The number of H-pyrrole nitrogens is 1. The van der Waals surface area contributed by atoms with Gasteiger partial charge in [0.05, 0.1) is 30.3 Å². The van der Waals surface area contributed by atoms with Crippen LogP contribution in [-0.2, 0) is 20.9 Å². The van der Waals surface area contributed by atoms with E-state index in [1.54, 1.807) is 24.3 Å². The minimum Gasteiger partial charge on any atom is -0.508 e. The van der Waals surface area contributed by atoms with Crippen LogP contribution in [0.15, 0.2) is 59.4 Å². The molecule has 2 aliphatic heterocycles. The minimum absolute atomic E-state index is 0.0177. The number of hydrogen-bond acceptors (Lipinski definition) is 10. The number of fused-ring (bicyclic) bond motifs is 1. The van der Waals surface area contributed by atoms with Crippen LogP contribution in [0.25, 0.3) is 17.1 Å². The Labute approximate surface area is 293 Å². The number of piperazine rings is 1. The van der Waals surface area contributed by atoms with Crippen LogP contribution >= 0.6 is 0 Å². The summed E-state index contributed by atoms with van der Waals surface area (Å²) in [6, 6.07) is 14.9. The van der Waals surface area contributed by atoms with E-state index in [1.165, 1.54) is 15.5 Å². The molecule has 7 rings (SSSR count). The Bertz CT molecular complexity index is 2090. The number of nitrogens with one attached hydrogen (secondary N) is 2. The molecule has 0 spiro atoms. The number of Topliss-reactive ketones (excluding diaryl/α,β-unsaturated/α-hetero) is 2. The van der Waals surface area contributed by atoms with Gasteiger partial charge >= 0.3 is 5.69 Å². The van der Waals surface area contributed by atoms with Crippen molar-refractivity contribution in [1.29, 1.82) is 0 Å². The van der Waals surface area contributed by atoms with Gasteiger partial charge in [-0.1, -0.05) is 19.9 Å². The van der Waals surface area contributed by atoms with Crippen LogP contribution in [0.2, 0.25) is 0 Å². The Morgan fingerprint density at radius 3 is 2.37 bits per heavy atom. The number of carbonyl (C=O) groups is 4. The van der Waals surface area contributed by atoms with Gasteiger partial charge in [0, 0.05) is 67.7 Å². The maximum Gasteiger partial charge on any atom is 0.348 e. The van der Waals surface area contributed by atoms with Crippen molar-refractivity contribution in [2.45, 2.75) is 51.6 Å². The summed E-state index contributed by atoms with van der Waals surface area (Å²) in [4.78, 5) is 69.2. The molecular formula is C37H39N7O7. The minimum atomic E-state index is -0.622. The lowest BCUT2D eigenvalue weighted by molar-refractivity contribution is -0.133. The zero-order valence-corrected chi connectivity index (χ0v) is 28.4. The second-order valence-electron chi connectivity index (χ2n) is 13.6. The van der Waals surface area contributed by atoms with Gasteiger partial charge in [0.15, 0.2) is 11.6 Å². The Balaban J connectivity index is 0.969. The highest BCUT2D eigenvalue weighted by atomic mass is 16.3. The number of nitrogens with zero attached hydrogens (tertiary/aromatic N) is 5. The molecule has 3 aromatic carbocycles. The fourth-order valence-corrected chi connectivity index (χ4v) is 7.23. The van der Waals surface area contributed by atoms with Crippen molar-refractivity contribution in [3.63, 3.8) is 0 Å². The number of aromatic amines is 1. The summed E-state index contributed by atoms with van der Waals surface area (Å²) in [5.74, 6) is -0.806. The number of carbonyl (C=O) groups excluding carboxylic acids is 4. The molecule has 14 nitrogen and oxygen atoms in total. The lowest BCUT2D eigenvalue weighted by Gasteiger charge is -2.35. The predicted octanol–water partition coefficient (Wildman–Crippen LogP) is 3.17. The van der Waals surface area contributed by atoms with Crippen molar-refractivity contribution in [3.8, 4) is 28.6 Å². The number of phenolic OH excluding ortho intramolecular Hbond substituents is 2. The highest BCUT2D eigenvalue weighted by molar-refractivity contribution is 6.08. The van der Waals surface area contributed by atoms with Crippen molar-refractivity contribution in [2.75, 3.05) is 42.9 Å². The van der Waals surface area contributed by atoms with E-state index in [-0.39, 0.29) is 72.6 Å². The molecule has 1 atom stereocenters. The summed E-state index contributed by atoms with van der Waals surface area (Å²) < 4.78 is 1.38. The number of amides is 2. The lowest BCUT2D eigenvalue weighted by atomic mass is 9.92. The van der Waals surface area contributed by atoms with Crippen molar-refractivity contribution >= 4 is 34.8 Å². The molecule has 3 aliphatic rings. The molecule has 4 N–H and O–H groups in total. The fraction of sp³-hybridized carbons (Fsp3) is 0.351. The van der Waals surface area contributed by atoms with Gasteiger partial charge in [0.25, 0.3) is 5.91 Å². The zero-order chi connectivity index (χ0) is 36.0. The second kappa shape index (κ2) is 13.5. The third kappa shape index (κ3) is 6.50. The first-order valence-electron chi connectivity index (χ1n) is 17.1. The summed E-state index contributed by atoms with van der Waals surface area (Å²) in [6.45, 7) is 6.84. The maximum atomic E-state index is 13.2. The molecule has 2 amide bonds. The van der Waals surface area contributed by atoms with Gasteiger partial charge in [0.1, 0.15) is 17.3 Å².